The standard InChI is InChI=1S/C28H40ClN7O4/c1-7-8-9-30-25-24-21(31-26(29)32-25)18-36(33-24)17-20-22(38-5)14-19(15-23(20)39-6)16-34-10-12-35(13-11-34)27(37)40-28(2,3)4/h14-15,18H,7-13,16-17H2,1-6H3,(H,30,31,32). The minimum atomic E-state index is -0.500. The fourth-order valence-corrected chi connectivity index (χ4v) is 4.82. The summed E-state index contributed by atoms with van der Waals surface area (Å²) in [5.41, 5.74) is 2.77. The molecule has 4 rings (SSSR count). The van der Waals surface area contributed by atoms with E-state index in [1.807, 2.05) is 39.1 Å². The molecule has 0 spiro atoms. The first-order valence-electron chi connectivity index (χ1n) is 13.7. The Bertz CT molecular complexity index is 1290. The zero-order valence-corrected chi connectivity index (χ0v) is 25.0. The lowest BCUT2D eigenvalue weighted by Gasteiger charge is -2.35. The molecule has 0 bridgehead atoms. The minimum Gasteiger partial charge on any atom is -0.496 e. The van der Waals surface area contributed by atoms with Crippen molar-refractivity contribution in [1.82, 2.24) is 29.5 Å². The van der Waals surface area contributed by atoms with Gasteiger partial charge in [0.25, 0.3) is 0 Å². The first-order valence-corrected chi connectivity index (χ1v) is 14.1. The van der Waals surface area contributed by atoms with Gasteiger partial charge in [0, 0.05) is 39.3 Å². The van der Waals surface area contributed by atoms with Gasteiger partial charge in [0.15, 0.2) is 11.3 Å². The molecule has 1 N–H and O–H groups in total. The molecule has 0 unspecified atom stereocenters. The molecular weight excluding hydrogens is 534 g/mol. The topological polar surface area (TPSA) is 107 Å². The number of hydrogen-bond acceptors (Lipinski definition) is 9. The first kappa shape index (κ1) is 29.7. The van der Waals surface area contributed by atoms with Gasteiger partial charge in [-0.15, -0.1) is 0 Å². The molecule has 12 heteroatoms. The minimum absolute atomic E-state index is 0.178. The number of hydrogen-bond donors (Lipinski definition) is 1. The molecule has 1 fully saturated rings. The number of methoxy groups -OCH3 is 2. The number of ether oxygens (including phenoxy) is 3. The molecular formula is C28H40ClN7O4. The summed E-state index contributed by atoms with van der Waals surface area (Å²) in [6, 6.07) is 4.07. The maximum Gasteiger partial charge on any atom is 0.410 e. The molecule has 0 atom stereocenters. The third-order valence-corrected chi connectivity index (χ3v) is 6.79. The number of nitrogens with one attached hydrogen (secondary N) is 1. The second-order valence-electron chi connectivity index (χ2n) is 10.9. The van der Waals surface area contributed by atoms with Crippen LogP contribution in [0.5, 0.6) is 11.5 Å². The van der Waals surface area contributed by atoms with Gasteiger partial charge >= 0.3 is 6.09 Å². The maximum absolute atomic E-state index is 12.4. The molecule has 218 valence electrons. The number of carbonyl (C=O) groups excluding carboxylic acids is 1. The number of rotatable bonds is 10. The number of aromatic nitrogens is 4. The number of halogens is 1. The van der Waals surface area contributed by atoms with Crippen LogP contribution in [0.1, 0.15) is 51.7 Å². The van der Waals surface area contributed by atoms with Crippen molar-refractivity contribution >= 4 is 34.5 Å². The lowest BCUT2D eigenvalue weighted by atomic mass is 10.1. The van der Waals surface area contributed by atoms with Gasteiger partial charge < -0.3 is 24.4 Å². The predicted molar refractivity (Wildman–Crippen MR) is 155 cm³/mol. The Hall–Kier alpha value is -3.31. The third-order valence-electron chi connectivity index (χ3n) is 6.62. The molecule has 3 aromatic rings. The van der Waals surface area contributed by atoms with E-state index in [0.29, 0.717) is 54.5 Å². The van der Waals surface area contributed by atoms with E-state index in [1.54, 1.807) is 23.8 Å². The van der Waals surface area contributed by atoms with Crippen LogP contribution in [-0.2, 0) is 17.8 Å². The monoisotopic (exact) mass is 573 g/mol. The average molecular weight is 574 g/mol. The van der Waals surface area contributed by atoms with Gasteiger partial charge in [-0.1, -0.05) is 13.3 Å². The Labute approximate surface area is 240 Å². The first-order chi connectivity index (χ1) is 19.1. The van der Waals surface area contributed by atoms with Gasteiger partial charge in [-0.2, -0.15) is 10.1 Å². The summed E-state index contributed by atoms with van der Waals surface area (Å²) in [4.78, 5) is 25.2. The molecule has 0 saturated carbocycles. The van der Waals surface area contributed by atoms with E-state index in [4.69, 9.17) is 30.9 Å². The summed E-state index contributed by atoms with van der Waals surface area (Å²) in [7, 11) is 3.31. The highest BCUT2D eigenvalue weighted by atomic mass is 35.5. The van der Waals surface area contributed by atoms with Crippen molar-refractivity contribution in [1.29, 1.82) is 0 Å². The van der Waals surface area contributed by atoms with Crippen LogP contribution in [-0.4, -0.2) is 88.2 Å². The van der Waals surface area contributed by atoms with Gasteiger partial charge in [-0.25, -0.2) is 9.78 Å². The Balaban J connectivity index is 1.48. The Morgan fingerprint density at radius 1 is 1.05 bits per heavy atom. The molecule has 3 heterocycles. The summed E-state index contributed by atoms with van der Waals surface area (Å²) >= 11 is 6.18. The highest BCUT2D eigenvalue weighted by Gasteiger charge is 2.26. The van der Waals surface area contributed by atoms with Crippen LogP contribution >= 0.6 is 11.6 Å². The van der Waals surface area contributed by atoms with Crippen LogP contribution < -0.4 is 14.8 Å². The van der Waals surface area contributed by atoms with Gasteiger partial charge in [-0.3, -0.25) is 9.58 Å². The van der Waals surface area contributed by atoms with E-state index in [2.05, 4.69) is 27.1 Å². The summed E-state index contributed by atoms with van der Waals surface area (Å²) < 4.78 is 18.9. The van der Waals surface area contributed by atoms with Crippen molar-refractivity contribution in [2.75, 3.05) is 52.3 Å². The van der Waals surface area contributed by atoms with E-state index < -0.39 is 5.60 Å². The Kier molecular flexibility index (Phi) is 9.57. The molecule has 0 radical (unpaired) electrons. The number of unbranched alkanes of at least 4 members (excludes halogenated alkanes) is 1. The lowest BCUT2D eigenvalue weighted by Crippen LogP contribution is -2.49. The molecule has 2 aromatic heterocycles. The number of benzene rings is 1. The molecule has 1 saturated heterocycles. The summed E-state index contributed by atoms with van der Waals surface area (Å²) in [6.07, 6.45) is 3.68. The van der Waals surface area contributed by atoms with Crippen molar-refractivity contribution in [2.45, 2.75) is 59.2 Å². The quantitative estimate of drug-likeness (QED) is 0.270. The number of carbonyl (C=O) groups is 1. The van der Waals surface area contributed by atoms with Gasteiger partial charge in [0.2, 0.25) is 5.28 Å². The number of anilines is 1. The second-order valence-corrected chi connectivity index (χ2v) is 11.2. The van der Waals surface area contributed by atoms with Crippen molar-refractivity contribution in [3.8, 4) is 11.5 Å². The highest BCUT2D eigenvalue weighted by molar-refractivity contribution is 6.28. The van der Waals surface area contributed by atoms with E-state index in [1.165, 1.54) is 0 Å². The number of nitrogens with zero attached hydrogens (tertiary/aromatic N) is 6. The van der Waals surface area contributed by atoms with Crippen LogP contribution in [0.3, 0.4) is 0 Å². The smallest absolute Gasteiger partial charge is 0.410 e. The van der Waals surface area contributed by atoms with Crippen molar-refractivity contribution in [3.63, 3.8) is 0 Å². The molecule has 40 heavy (non-hydrogen) atoms. The SMILES string of the molecule is CCCCNc1nc(Cl)nc2cn(Cc3c(OC)cc(CN4CCN(C(=O)OC(C)(C)C)CC4)cc3OC)nc12. The van der Waals surface area contributed by atoms with Crippen LogP contribution in [0.2, 0.25) is 5.28 Å². The van der Waals surface area contributed by atoms with Gasteiger partial charge in [0.1, 0.15) is 22.6 Å². The maximum atomic E-state index is 12.4. The van der Waals surface area contributed by atoms with Crippen LogP contribution in [0.4, 0.5) is 10.6 Å². The number of piperazine rings is 1. The normalized spacial score (nSPS) is 14.4. The third kappa shape index (κ3) is 7.45. The average Bonchev–Trinajstić information content (AvgIpc) is 3.31. The molecule has 11 nitrogen and oxygen atoms in total. The highest BCUT2D eigenvalue weighted by Crippen LogP contribution is 2.33. The van der Waals surface area contributed by atoms with E-state index >= 15 is 0 Å². The lowest BCUT2D eigenvalue weighted by molar-refractivity contribution is 0.0139. The van der Waals surface area contributed by atoms with Gasteiger partial charge in [-0.05, 0) is 56.5 Å². The number of amides is 1. The molecule has 1 aromatic carbocycles. The predicted octanol–water partition coefficient (Wildman–Crippen LogP) is 4.81. The van der Waals surface area contributed by atoms with E-state index in [9.17, 15) is 4.79 Å². The van der Waals surface area contributed by atoms with E-state index in [-0.39, 0.29) is 11.4 Å². The Morgan fingerprint density at radius 2 is 1.73 bits per heavy atom. The molecule has 1 aliphatic heterocycles. The number of fused-ring (bicyclic) bond motifs is 1. The fraction of sp³-hybridized carbons (Fsp3) is 0.571. The Morgan fingerprint density at radius 3 is 2.33 bits per heavy atom. The summed E-state index contributed by atoms with van der Waals surface area (Å²) in [6.45, 7) is 12.4. The molecule has 1 amide bonds. The van der Waals surface area contributed by atoms with Crippen molar-refractivity contribution < 1.29 is 19.0 Å². The van der Waals surface area contributed by atoms with Gasteiger partial charge in [0.05, 0.1) is 32.5 Å². The van der Waals surface area contributed by atoms with Crippen LogP contribution in [0.25, 0.3) is 11.0 Å². The van der Waals surface area contributed by atoms with Crippen LogP contribution in [0, 0.1) is 0 Å². The van der Waals surface area contributed by atoms with E-state index in [0.717, 1.165) is 43.6 Å². The molecule has 1 aliphatic rings. The zero-order chi connectivity index (χ0) is 28.9. The largest absolute Gasteiger partial charge is 0.496 e. The van der Waals surface area contributed by atoms with Crippen LogP contribution in [0.15, 0.2) is 18.3 Å². The summed E-state index contributed by atoms with van der Waals surface area (Å²) in [5, 5.41) is 8.25. The second kappa shape index (κ2) is 12.9. The summed E-state index contributed by atoms with van der Waals surface area (Å²) in [5.74, 6) is 2.06. The van der Waals surface area contributed by atoms with Crippen molar-refractivity contribution in [3.05, 3.63) is 34.7 Å². The van der Waals surface area contributed by atoms with Crippen molar-refractivity contribution in [2.24, 2.45) is 0 Å². The molecule has 0 aliphatic carbocycles. The fourth-order valence-electron chi connectivity index (χ4n) is 4.64. The zero-order valence-electron chi connectivity index (χ0n) is 24.3.